The molecule has 0 aromatic rings. The van der Waals surface area contributed by atoms with Gasteiger partial charge in [0.1, 0.15) is 0 Å². The quantitative estimate of drug-likeness (QED) is 0.367. The molecule has 0 bridgehead atoms. The average molecular weight is 451 g/mol. The zero-order chi connectivity index (χ0) is 24.0. The molecule has 0 radical (unpaired) electrons. The Morgan fingerprint density at radius 2 is 1.31 bits per heavy atom. The van der Waals surface area contributed by atoms with E-state index in [1.165, 1.54) is 38.5 Å². The lowest BCUT2D eigenvalue weighted by Gasteiger charge is -2.44. The number of carbonyl (C=O) groups excluding carboxylic acids is 1. The summed E-state index contributed by atoms with van der Waals surface area (Å²) in [6.07, 6.45) is 13.5. The molecule has 186 valence electrons. The number of ether oxygens (including phenoxy) is 1. The number of hydrogen-bond donors (Lipinski definition) is 1. The second-order valence-electron chi connectivity index (χ2n) is 13.4. The maximum Gasteiger partial charge on any atom is 0.313 e. The third kappa shape index (κ3) is 8.37. The summed E-state index contributed by atoms with van der Waals surface area (Å²) in [6, 6.07) is 0. The Labute approximate surface area is 197 Å². The van der Waals surface area contributed by atoms with E-state index in [-0.39, 0.29) is 16.8 Å². The van der Waals surface area contributed by atoms with Crippen molar-refractivity contribution in [2.24, 2.45) is 34.0 Å². The lowest BCUT2D eigenvalue weighted by Crippen LogP contribution is -2.48. The number of hydrogen-bond acceptors (Lipinski definition) is 3. The van der Waals surface area contributed by atoms with Crippen molar-refractivity contribution in [1.82, 2.24) is 0 Å². The minimum atomic E-state index is -0.950. The summed E-state index contributed by atoms with van der Waals surface area (Å²) in [7, 11) is 0. The number of carbonyl (C=O) groups is 2. The normalized spacial score (nSPS) is 22.2. The van der Waals surface area contributed by atoms with Gasteiger partial charge in [0.25, 0.3) is 0 Å². The summed E-state index contributed by atoms with van der Waals surface area (Å²) in [4.78, 5) is 26.8. The van der Waals surface area contributed by atoms with Crippen molar-refractivity contribution in [3.8, 4) is 0 Å². The van der Waals surface area contributed by atoms with Crippen LogP contribution >= 0.6 is 0 Å². The van der Waals surface area contributed by atoms with Gasteiger partial charge in [-0.1, -0.05) is 106 Å². The second-order valence-corrected chi connectivity index (χ2v) is 13.4. The summed E-state index contributed by atoms with van der Waals surface area (Å²) in [5.41, 5.74) is -1.25. The topological polar surface area (TPSA) is 63.6 Å². The van der Waals surface area contributed by atoms with Gasteiger partial charge in [-0.15, -0.1) is 0 Å². The van der Waals surface area contributed by atoms with Crippen LogP contribution in [-0.4, -0.2) is 23.7 Å². The van der Waals surface area contributed by atoms with Crippen molar-refractivity contribution in [3.05, 3.63) is 0 Å². The molecule has 2 atom stereocenters. The van der Waals surface area contributed by atoms with Crippen LogP contribution in [0.25, 0.3) is 0 Å². The van der Waals surface area contributed by atoms with E-state index in [1.807, 2.05) is 0 Å². The molecular formula is C28H50O4. The Balaban J connectivity index is 2.45. The van der Waals surface area contributed by atoms with Crippen LogP contribution in [0.1, 0.15) is 125 Å². The first-order chi connectivity index (χ1) is 14.8. The molecule has 4 nitrogen and oxygen atoms in total. The Morgan fingerprint density at radius 3 is 1.75 bits per heavy atom. The number of esters is 1. The Morgan fingerprint density at radius 1 is 0.812 bits per heavy atom. The molecule has 0 aromatic heterocycles. The lowest BCUT2D eigenvalue weighted by molar-refractivity contribution is -0.175. The third-order valence-corrected chi connectivity index (χ3v) is 7.53. The highest BCUT2D eigenvalue weighted by Gasteiger charge is 2.53. The highest BCUT2D eigenvalue weighted by molar-refractivity contribution is 5.85. The zero-order valence-corrected chi connectivity index (χ0v) is 21.8. The Kier molecular flexibility index (Phi) is 9.67. The second kappa shape index (κ2) is 11.4. The average Bonchev–Trinajstić information content (AvgIpc) is 2.69. The van der Waals surface area contributed by atoms with Crippen molar-refractivity contribution in [1.29, 1.82) is 0 Å². The van der Waals surface area contributed by atoms with E-state index in [1.54, 1.807) is 0 Å². The zero-order valence-electron chi connectivity index (χ0n) is 21.8. The van der Waals surface area contributed by atoms with Crippen LogP contribution in [0.15, 0.2) is 0 Å². The van der Waals surface area contributed by atoms with E-state index >= 15 is 0 Å². The van der Waals surface area contributed by atoms with Crippen molar-refractivity contribution in [2.75, 3.05) is 6.61 Å². The first kappa shape index (κ1) is 27.2. The van der Waals surface area contributed by atoms with Gasteiger partial charge in [0.15, 0.2) is 0 Å². The van der Waals surface area contributed by atoms with E-state index in [2.05, 4.69) is 41.5 Å². The first-order valence-electron chi connectivity index (χ1n) is 13.2. The number of rotatable bonds is 9. The summed E-state index contributed by atoms with van der Waals surface area (Å²) in [5, 5.41) is 10.5. The Hall–Kier alpha value is -1.06. The van der Waals surface area contributed by atoms with Crippen LogP contribution in [-0.2, 0) is 14.3 Å². The van der Waals surface area contributed by atoms with E-state index in [9.17, 15) is 14.7 Å². The van der Waals surface area contributed by atoms with Gasteiger partial charge in [-0.3, -0.25) is 9.59 Å². The van der Waals surface area contributed by atoms with Gasteiger partial charge in [-0.2, -0.15) is 0 Å². The van der Waals surface area contributed by atoms with Crippen molar-refractivity contribution in [3.63, 3.8) is 0 Å². The maximum absolute atomic E-state index is 14.0. The SMILES string of the molecule is CC(C)(C)COC(=O)C(CC1CCCCC1)(CC(C)(C)C)C(CC1CCCCC1)C(=O)O. The van der Waals surface area contributed by atoms with Crippen LogP contribution in [0, 0.1) is 34.0 Å². The number of aliphatic carboxylic acids is 1. The highest BCUT2D eigenvalue weighted by atomic mass is 16.5. The molecule has 2 fully saturated rings. The predicted octanol–water partition coefficient (Wildman–Crippen LogP) is 7.64. The molecule has 0 amide bonds. The minimum Gasteiger partial charge on any atom is -0.481 e. The number of carboxylic acid groups (broad SMARTS) is 1. The van der Waals surface area contributed by atoms with E-state index in [0.717, 1.165) is 25.7 Å². The molecule has 2 aliphatic rings. The van der Waals surface area contributed by atoms with E-state index < -0.39 is 17.3 Å². The molecule has 1 N–H and O–H groups in total. The van der Waals surface area contributed by atoms with Crippen LogP contribution in [0.2, 0.25) is 0 Å². The lowest BCUT2D eigenvalue weighted by atomic mass is 9.59. The molecule has 0 spiro atoms. The van der Waals surface area contributed by atoms with Gasteiger partial charge in [0.2, 0.25) is 0 Å². The van der Waals surface area contributed by atoms with Gasteiger partial charge < -0.3 is 9.84 Å². The standard InChI is InChI=1S/C28H50O4/c1-26(2,3)19-28(18-22-15-11-8-12-16-22,25(31)32-20-27(4,5)6)23(24(29)30)17-21-13-9-7-10-14-21/h21-23H,7-20H2,1-6H3,(H,29,30). The fourth-order valence-electron chi connectivity index (χ4n) is 6.23. The molecule has 2 unspecified atom stereocenters. The highest BCUT2D eigenvalue weighted by Crippen LogP contribution is 2.51. The molecule has 32 heavy (non-hydrogen) atoms. The van der Waals surface area contributed by atoms with E-state index in [0.29, 0.717) is 37.7 Å². The van der Waals surface area contributed by atoms with Crippen molar-refractivity contribution in [2.45, 2.75) is 125 Å². The maximum atomic E-state index is 14.0. The fraction of sp³-hybridized carbons (Fsp3) is 0.929. The molecule has 2 saturated carbocycles. The summed E-state index contributed by atoms with van der Waals surface area (Å²) in [6.45, 7) is 12.9. The van der Waals surface area contributed by atoms with Gasteiger partial charge in [-0.25, -0.2) is 0 Å². The number of carboxylic acids is 1. The van der Waals surface area contributed by atoms with Crippen molar-refractivity contribution < 1.29 is 19.4 Å². The fourth-order valence-corrected chi connectivity index (χ4v) is 6.23. The molecule has 0 heterocycles. The smallest absolute Gasteiger partial charge is 0.313 e. The summed E-state index contributed by atoms with van der Waals surface area (Å²) in [5.74, 6) is -0.897. The largest absolute Gasteiger partial charge is 0.481 e. The minimum absolute atomic E-state index is 0.143. The first-order valence-corrected chi connectivity index (χ1v) is 13.2. The predicted molar refractivity (Wildman–Crippen MR) is 130 cm³/mol. The summed E-state index contributed by atoms with van der Waals surface area (Å²) >= 11 is 0. The molecule has 0 aliphatic heterocycles. The Bertz CT molecular complexity index is 600. The molecule has 2 rings (SSSR count). The van der Waals surface area contributed by atoms with Crippen LogP contribution in [0.3, 0.4) is 0 Å². The molecule has 0 aromatic carbocycles. The van der Waals surface area contributed by atoms with Crippen molar-refractivity contribution >= 4 is 11.9 Å². The van der Waals surface area contributed by atoms with Gasteiger partial charge in [0, 0.05) is 0 Å². The third-order valence-electron chi connectivity index (χ3n) is 7.53. The molecule has 4 heteroatoms. The van der Waals surface area contributed by atoms with Gasteiger partial charge in [0.05, 0.1) is 17.9 Å². The molecule has 2 aliphatic carbocycles. The molecule has 0 saturated heterocycles. The van der Waals surface area contributed by atoms with Gasteiger partial charge in [-0.05, 0) is 41.9 Å². The monoisotopic (exact) mass is 450 g/mol. The molecular weight excluding hydrogens is 400 g/mol. The van der Waals surface area contributed by atoms with Crippen LogP contribution < -0.4 is 0 Å². The summed E-state index contributed by atoms with van der Waals surface area (Å²) < 4.78 is 5.98. The van der Waals surface area contributed by atoms with Crippen LogP contribution in [0.4, 0.5) is 0 Å². The van der Waals surface area contributed by atoms with Gasteiger partial charge >= 0.3 is 11.9 Å². The van der Waals surface area contributed by atoms with E-state index in [4.69, 9.17) is 4.74 Å². The van der Waals surface area contributed by atoms with Crippen LogP contribution in [0.5, 0.6) is 0 Å².